The van der Waals surface area contributed by atoms with Gasteiger partial charge >= 0.3 is 0 Å². The highest BCUT2D eigenvalue weighted by molar-refractivity contribution is 6.35. The summed E-state index contributed by atoms with van der Waals surface area (Å²) in [5, 5.41) is 4.14. The van der Waals surface area contributed by atoms with Gasteiger partial charge in [-0.05, 0) is 47.9 Å². The summed E-state index contributed by atoms with van der Waals surface area (Å²) in [6.45, 7) is 1.39. The highest BCUT2D eigenvalue weighted by Gasteiger charge is 2.22. The van der Waals surface area contributed by atoms with Gasteiger partial charge in [0.15, 0.2) is 11.5 Å². The monoisotopic (exact) mass is 394 g/mol. The van der Waals surface area contributed by atoms with E-state index >= 15 is 0 Å². The number of fused-ring (bicyclic) bond motifs is 1. The van der Waals surface area contributed by atoms with Crippen LogP contribution in [0.15, 0.2) is 30.3 Å². The number of hydrogen-bond donors (Lipinski definition) is 1. The molecule has 1 aliphatic heterocycles. The number of ether oxygens (including phenoxy) is 2. The maximum atomic E-state index is 12.6. The Labute approximate surface area is 162 Å². The Hall–Kier alpha value is -2.11. The lowest BCUT2D eigenvalue weighted by Gasteiger charge is -2.30. The van der Waals surface area contributed by atoms with Crippen LogP contribution in [0.5, 0.6) is 11.5 Å². The standard InChI is InChI=1S/C19H20Cl2N2O3/c1-25-17-5-12-3-4-23(11-13(12)6-18(17)26-2)19(24)10-22-16-8-14(20)7-15(21)9-16/h5-9,22H,3-4,10-11H2,1-2H3. The molecule has 0 atom stereocenters. The van der Waals surface area contributed by atoms with Crippen LogP contribution in [-0.4, -0.2) is 38.1 Å². The van der Waals surface area contributed by atoms with Gasteiger partial charge in [0.05, 0.1) is 20.8 Å². The molecule has 0 fully saturated rings. The second-order valence-electron chi connectivity index (χ2n) is 6.05. The van der Waals surface area contributed by atoms with Crippen molar-refractivity contribution in [2.45, 2.75) is 13.0 Å². The van der Waals surface area contributed by atoms with Gasteiger partial charge in [0, 0.05) is 28.8 Å². The third kappa shape index (κ3) is 4.17. The molecule has 2 aromatic carbocycles. The van der Waals surface area contributed by atoms with Crippen LogP contribution in [0.2, 0.25) is 10.0 Å². The first kappa shape index (κ1) is 18.7. The van der Waals surface area contributed by atoms with Crippen molar-refractivity contribution >= 4 is 34.8 Å². The van der Waals surface area contributed by atoms with Crippen LogP contribution in [0, 0.1) is 0 Å². The molecular weight excluding hydrogens is 375 g/mol. The lowest BCUT2D eigenvalue weighted by molar-refractivity contribution is -0.130. The average Bonchev–Trinajstić information content (AvgIpc) is 2.63. The van der Waals surface area contributed by atoms with Crippen LogP contribution in [0.3, 0.4) is 0 Å². The number of benzene rings is 2. The van der Waals surface area contributed by atoms with Gasteiger partial charge in [0.2, 0.25) is 5.91 Å². The first-order valence-corrected chi connectivity index (χ1v) is 8.97. The lowest BCUT2D eigenvalue weighted by Crippen LogP contribution is -2.39. The quantitative estimate of drug-likeness (QED) is 0.832. The summed E-state index contributed by atoms with van der Waals surface area (Å²) in [6, 6.07) is 9.06. The molecule has 0 bridgehead atoms. The van der Waals surface area contributed by atoms with Gasteiger partial charge in [-0.15, -0.1) is 0 Å². The van der Waals surface area contributed by atoms with E-state index in [0.717, 1.165) is 17.7 Å². The average molecular weight is 395 g/mol. The van der Waals surface area contributed by atoms with Gasteiger partial charge in [0.25, 0.3) is 0 Å². The van der Waals surface area contributed by atoms with Crippen molar-refractivity contribution < 1.29 is 14.3 Å². The molecule has 3 rings (SSSR count). The number of halogens is 2. The zero-order valence-electron chi connectivity index (χ0n) is 14.6. The fourth-order valence-corrected chi connectivity index (χ4v) is 3.57. The molecule has 1 amide bonds. The molecular formula is C19H20Cl2N2O3. The van der Waals surface area contributed by atoms with E-state index in [9.17, 15) is 4.79 Å². The molecule has 0 aromatic heterocycles. The number of amides is 1. The fourth-order valence-electron chi connectivity index (χ4n) is 3.04. The summed E-state index contributed by atoms with van der Waals surface area (Å²) >= 11 is 12.0. The minimum Gasteiger partial charge on any atom is -0.493 e. The number of carbonyl (C=O) groups excluding carboxylic acids is 1. The van der Waals surface area contributed by atoms with Gasteiger partial charge in [-0.1, -0.05) is 23.2 Å². The zero-order valence-corrected chi connectivity index (χ0v) is 16.2. The number of nitrogens with one attached hydrogen (secondary N) is 1. The second-order valence-corrected chi connectivity index (χ2v) is 6.93. The lowest BCUT2D eigenvalue weighted by atomic mass is 9.98. The van der Waals surface area contributed by atoms with E-state index in [4.69, 9.17) is 32.7 Å². The summed E-state index contributed by atoms with van der Waals surface area (Å²) in [7, 11) is 3.23. The Morgan fingerprint density at radius 1 is 1.04 bits per heavy atom. The number of methoxy groups -OCH3 is 2. The van der Waals surface area contributed by atoms with Crippen LogP contribution in [0.4, 0.5) is 5.69 Å². The largest absolute Gasteiger partial charge is 0.493 e. The molecule has 26 heavy (non-hydrogen) atoms. The van der Waals surface area contributed by atoms with E-state index in [1.807, 2.05) is 17.0 Å². The Kier molecular flexibility index (Phi) is 5.79. The van der Waals surface area contributed by atoms with Crippen molar-refractivity contribution in [1.82, 2.24) is 4.90 Å². The Morgan fingerprint density at radius 2 is 1.65 bits per heavy atom. The molecule has 1 aliphatic rings. The second kappa shape index (κ2) is 8.06. The first-order chi connectivity index (χ1) is 12.5. The molecule has 0 radical (unpaired) electrons. The van der Waals surface area contributed by atoms with Crippen LogP contribution < -0.4 is 14.8 Å². The fraction of sp³-hybridized carbons (Fsp3) is 0.316. The molecule has 0 unspecified atom stereocenters. The number of rotatable bonds is 5. The van der Waals surface area contributed by atoms with Crippen LogP contribution >= 0.6 is 23.2 Å². The van der Waals surface area contributed by atoms with Crippen molar-refractivity contribution in [3.8, 4) is 11.5 Å². The van der Waals surface area contributed by atoms with E-state index in [2.05, 4.69) is 5.32 Å². The minimum atomic E-state index is 0.0153. The third-order valence-electron chi connectivity index (χ3n) is 4.38. The predicted octanol–water partition coefficient (Wildman–Crippen LogP) is 4.01. The zero-order chi connectivity index (χ0) is 18.7. The molecule has 2 aromatic rings. The molecule has 5 nitrogen and oxygen atoms in total. The number of anilines is 1. The SMILES string of the molecule is COc1cc2c(cc1OC)CN(C(=O)CNc1cc(Cl)cc(Cl)c1)CC2. The van der Waals surface area contributed by atoms with Crippen LogP contribution in [0.25, 0.3) is 0 Å². The first-order valence-electron chi connectivity index (χ1n) is 8.21. The number of carbonyl (C=O) groups is 1. The topological polar surface area (TPSA) is 50.8 Å². The highest BCUT2D eigenvalue weighted by atomic mass is 35.5. The molecule has 0 aliphatic carbocycles. The summed E-state index contributed by atoms with van der Waals surface area (Å²) in [6.07, 6.45) is 0.782. The predicted molar refractivity (Wildman–Crippen MR) is 104 cm³/mol. The summed E-state index contributed by atoms with van der Waals surface area (Å²) in [5.41, 5.74) is 2.98. The van der Waals surface area contributed by atoms with Crippen molar-refractivity contribution in [3.05, 3.63) is 51.5 Å². The summed E-state index contributed by atoms with van der Waals surface area (Å²) in [5.74, 6) is 1.40. The smallest absolute Gasteiger partial charge is 0.242 e. The van der Waals surface area contributed by atoms with Crippen molar-refractivity contribution in [2.75, 3.05) is 32.6 Å². The highest BCUT2D eigenvalue weighted by Crippen LogP contribution is 2.33. The Bertz CT molecular complexity index is 806. The summed E-state index contributed by atoms with van der Waals surface area (Å²) < 4.78 is 10.7. The van der Waals surface area contributed by atoms with Crippen molar-refractivity contribution in [1.29, 1.82) is 0 Å². The van der Waals surface area contributed by atoms with E-state index in [1.54, 1.807) is 32.4 Å². The molecule has 0 spiro atoms. The molecule has 138 valence electrons. The Morgan fingerprint density at radius 3 is 2.27 bits per heavy atom. The number of nitrogens with zero attached hydrogens (tertiary/aromatic N) is 1. The minimum absolute atomic E-state index is 0.0153. The molecule has 0 saturated carbocycles. The number of hydrogen-bond acceptors (Lipinski definition) is 4. The van der Waals surface area contributed by atoms with Gasteiger partial charge in [-0.3, -0.25) is 4.79 Å². The molecule has 7 heteroatoms. The maximum absolute atomic E-state index is 12.6. The maximum Gasteiger partial charge on any atom is 0.242 e. The van der Waals surface area contributed by atoms with Gasteiger partial charge in [-0.2, -0.15) is 0 Å². The summed E-state index contributed by atoms with van der Waals surface area (Å²) in [4.78, 5) is 14.4. The van der Waals surface area contributed by atoms with Gasteiger partial charge < -0.3 is 19.7 Å². The van der Waals surface area contributed by atoms with Crippen LogP contribution in [-0.2, 0) is 17.8 Å². The van der Waals surface area contributed by atoms with Gasteiger partial charge in [0.1, 0.15) is 0 Å². The van der Waals surface area contributed by atoms with E-state index in [-0.39, 0.29) is 12.5 Å². The molecule has 1 heterocycles. The van der Waals surface area contributed by atoms with Crippen LogP contribution in [0.1, 0.15) is 11.1 Å². The van der Waals surface area contributed by atoms with E-state index in [1.165, 1.54) is 5.56 Å². The Balaban J connectivity index is 1.67. The molecule has 0 saturated heterocycles. The van der Waals surface area contributed by atoms with Crippen molar-refractivity contribution in [3.63, 3.8) is 0 Å². The normalized spacial score (nSPS) is 13.2. The van der Waals surface area contributed by atoms with E-state index in [0.29, 0.717) is 34.6 Å². The third-order valence-corrected chi connectivity index (χ3v) is 4.81. The van der Waals surface area contributed by atoms with Crippen molar-refractivity contribution in [2.24, 2.45) is 0 Å². The molecule has 1 N–H and O–H groups in total. The van der Waals surface area contributed by atoms with E-state index < -0.39 is 0 Å². The van der Waals surface area contributed by atoms with Gasteiger partial charge in [-0.25, -0.2) is 0 Å².